The van der Waals surface area contributed by atoms with Crippen LogP contribution in [0.25, 0.3) is 0 Å². The second-order valence-electron chi connectivity index (χ2n) is 5.23. The summed E-state index contributed by atoms with van der Waals surface area (Å²) in [6, 6.07) is 0.883. The summed E-state index contributed by atoms with van der Waals surface area (Å²) in [5, 5.41) is 2.54. The summed E-state index contributed by atoms with van der Waals surface area (Å²) in [6.45, 7) is 0.532. The van der Waals surface area contributed by atoms with Crippen LogP contribution >= 0.6 is 11.6 Å². The second kappa shape index (κ2) is 5.37. The molecule has 1 N–H and O–H groups in total. The Morgan fingerprint density at radius 1 is 1.35 bits per heavy atom. The molecule has 4 nitrogen and oxygen atoms in total. The van der Waals surface area contributed by atoms with Crippen LogP contribution in [0.15, 0.2) is 6.07 Å². The predicted octanol–water partition coefficient (Wildman–Crippen LogP) is 3.05. The molecule has 0 aliphatic heterocycles. The van der Waals surface area contributed by atoms with Crippen LogP contribution in [0, 0.1) is 0 Å². The van der Waals surface area contributed by atoms with Crippen LogP contribution in [0.4, 0.5) is 19.0 Å². The summed E-state index contributed by atoms with van der Waals surface area (Å²) in [7, 11) is 3.93. The van der Waals surface area contributed by atoms with E-state index in [1.165, 1.54) is 0 Å². The van der Waals surface area contributed by atoms with E-state index in [1.54, 1.807) is 0 Å². The van der Waals surface area contributed by atoms with Crippen molar-refractivity contribution in [3.8, 4) is 0 Å². The maximum Gasteiger partial charge on any atom is 0.433 e. The molecular weight excluding hydrogens is 293 g/mol. The minimum absolute atomic E-state index is 0.0180. The third-order valence-electron chi connectivity index (χ3n) is 3.82. The zero-order valence-electron chi connectivity index (χ0n) is 11.3. The van der Waals surface area contributed by atoms with Crippen LogP contribution in [-0.2, 0) is 6.18 Å². The highest BCUT2D eigenvalue weighted by atomic mass is 35.5. The van der Waals surface area contributed by atoms with Crippen molar-refractivity contribution in [1.29, 1.82) is 0 Å². The fraction of sp³-hybridized carbons (Fsp3) is 0.667. The summed E-state index contributed by atoms with van der Waals surface area (Å²) in [6.07, 6.45) is -1.38. The van der Waals surface area contributed by atoms with Gasteiger partial charge in [0.05, 0.1) is 0 Å². The molecule has 1 aliphatic rings. The van der Waals surface area contributed by atoms with Crippen molar-refractivity contribution in [2.45, 2.75) is 31.0 Å². The van der Waals surface area contributed by atoms with Crippen LogP contribution < -0.4 is 5.32 Å². The quantitative estimate of drug-likeness (QED) is 0.868. The highest BCUT2D eigenvalue weighted by Gasteiger charge is 2.39. The van der Waals surface area contributed by atoms with Gasteiger partial charge >= 0.3 is 6.18 Å². The monoisotopic (exact) mass is 308 g/mol. The van der Waals surface area contributed by atoms with E-state index in [0.717, 1.165) is 25.3 Å². The summed E-state index contributed by atoms with van der Waals surface area (Å²) >= 11 is 5.54. The van der Waals surface area contributed by atoms with Crippen LogP contribution in [0.3, 0.4) is 0 Å². The van der Waals surface area contributed by atoms with Gasteiger partial charge in [-0.05, 0) is 45.0 Å². The molecule has 0 radical (unpaired) electrons. The first-order valence-electron chi connectivity index (χ1n) is 6.26. The molecule has 1 aliphatic carbocycles. The van der Waals surface area contributed by atoms with Gasteiger partial charge < -0.3 is 10.2 Å². The Morgan fingerprint density at radius 2 is 2.00 bits per heavy atom. The molecule has 1 heterocycles. The van der Waals surface area contributed by atoms with Crippen molar-refractivity contribution in [1.82, 2.24) is 14.9 Å². The fourth-order valence-corrected chi connectivity index (χ4v) is 2.46. The first kappa shape index (κ1) is 15.3. The predicted molar refractivity (Wildman–Crippen MR) is 70.8 cm³/mol. The Labute approximate surface area is 120 Å². The van der Waals surface area contributed by atoms with Gasteiger partial charge in [-0.2, -0.15) is 13.2 Å². The van der Waals surface area contributed by atoms with E-state index in [9.17, 15) is 13.2 Å². The van der Waals surface area contributed by atoms with E-state index in [-0.39, 0.29) is 11.4 Å². The number of hydrogen-bond acceptors (Lipinski definition) is 4. The van der Waals surface area contributed by atoms with E-state index in [1.807, 2.05) is 14.1 Å². The molecule has 1 aromatic heterocycles. The van der Waals surface area contributed by atoms with Gasteiger partial charge in [-0.1, -0.05) is 0 Å². The van der Waals surface area contributed by atoms with Gasteiger partial charge in [0.1, 0.15) is 5.82 Å². The Bertz CT molecular complexity index is 486. The van der Waals surface area contributed by atoms with Crippen molar-refractivity contribution in [2.24, 2.45) is 0 Å². The number of nitrogens with zero attached hydrogens (tertiary/aromatic N) is 3. The molecular formula is C12H16ClF3N4. The molecule has 0 unspecified atom stereocenters. The van der Waals surface area contributed by atoms with Gasteiger partial charge in [-0.3, -0.25) is 0 Å². The normalized spacial score (nSPS) is 17.9. The van der Waals surface area contributed by atoms with Crippen molar-refractivity contribution < 1.29 is 13.2 Å². The lowest BCUT2D eigenvalue weighted by Gasteiger charge is -2.47. The Hall–Kier alpha value is -1.08. The average Bonchev–Trinajstić information content (AvgIpc) is 2.25. The van der Waals surface area contributed by atoms with E-state index < -0.39 is 17.2 Å². The molecule has 1 aromatic rings. The fourth-order valence-electron chi connectivity index (χ4n) is 2.28. The van der Waals surface area contributed by atoms with Gasteiger partial charge in [0, 0.05) is 18.2 Å². The molecule has 0 saturated heterocycles. The van der Waals surface area contributed by atoms with Crippen molar-refractivity contribution >= 4 is 17.4 Å². The lowest BCUT2D eigenvalue weighted by atomic mass is 9.75. The summed E-state index contributed by atoms with van der Waals surface area (Å²) in [5.74, 6) is 0.102. The Kier molecular flexibility index (Phi) is 4.11. The number of halogens is 4. The molecule has 1 saturated carbocycles. The van der Waals surface area contributed by atoms with Gasteiger partial charge in [0.2, 0.25) is 5.28 Å². The van der Waals surface area contributed by atoms with Crippen LogP contribution in [0.2, 0.25) is 5.28 Å². The van der Waals surface area contributed by atoms with Crippen molar-refractivity contribution in [2.75, 3.05) is 26.0 Å². The minimum Gasteiger partial charge on any atom is -0.368 e. The summed E-state index contributed by atoms with van der Waals surface area (Å²) in [5.41, 5.74) is -1.05. The first-order chi connectivity index (χ1) is 9.23. The van der Waals surface area contributed by atoms with Gasteiger partial charge in [0.25, 0.3) is 0 Å². The smallest absolute Gasteiger partial charge is 0.368 e. The Balaban J connectivity index is 2.12. The van der Waals surface area contributed by atoms with Crippen molar-refractivity contribution in [3.05, 3.63) is 17.0 Å². The lowest BCUT2D eigenvalue weighted by Crippen LogP contribution is -2.54. The standard InChI is InChI=1S/C12H16ClF3N4/c1-20(2)11(4-3-5-11)7-17-9-6-8(12(14,15)16)18-10(13)19-9/h6H,3-5,7H2,1-2H3,(H,17,18,19). The van der Waals surface area contributed by atoms with E-state index in [0.29, 0.717) is 6.54 Å². The van der Waals surface area contributed by atoms with Crippen LogP contribution in [0.1, 0.15) is 25.0 Å². The number of nitrogens with one attached hydrogen (secondary N) is 1. The molecule has 1 fully saturated rings. The van der Waals surface area contributed by atoms with E-state index >= 15 is 0 Å². The van der Waals surface area contributed by atoms with Gasteiger partial charge in [-0.15, -0.1) is 0 Å². The maximum atomic E-state index is 12.6. The highest BCUT2D eigenvalue weighted by Crippen LogP contribution is 2.36. The number of aromatic nitrogens is 2. The van der Waals surface area contributed by atoms with Crippen LogP contribution in [-0.4, -0.2) is 41.0 Å². The number of rotatable bonds is 4. The molecule has 0 spiro atoms. The minimum atomic E-state index is -4.53. The molecule has 0 atom stereocenters. The Morgan fingerprint density at radius 3 is 2.45 bits per heavy atom. The SMILES string of the molecule is CN(C)C1(CNc2cc(C(F)(F)F)nc(Cl)n2)CCC1. The number of alkyl halides is 3. The number of anilines is 1. The molecule has 20 heavy (non-hydrogen) atoms. The second-order valence-corrected chi connectivity index (χ2v) is 5.57. The molecule has 8 heteroatoms. The number of likely N-dealkylation sites (N-methyl/N-ethyl adjacent to an activating group) is 1. The van der Waals surface area contributed by atoms with Gasteiger partial charge in [-0.25, -0.2) is 9.97 Å². The first-order valence-corrected chi connectivity index (χ1v) is 6.64. The number of hydrogen-bond donors (Lipinski definition) is 1. The molecule has 0 amide bonds. The lowest BCUT2D eigenvalue weighted by molar-refractivity contribution is -0.141. The van der Waals surface area contributed by atoms with Crippen molar-refractivity contribution in [3.63, 3.8) is 0 Å². The summed E-state index contributed by atoms with van der Waals surface area (Å²) < 4.78 is 37.9. The van der Waals surface area contributed by atoms with Crippen LogP contribution in [0.5, 0.6) is 0 Å². The topological polar surface area (TPSA) is 41.0 Å². The molecule has 0 aromatic carbocycles. The summed E-state index contributed by atoms with van der Waals surface area (Å²) in [4.78, 5) is 9.08. The average molecular weight is 309 g/mol. The zero-order valence-corrected chi connectivity index (χ0v) is 12.0. The molecule has 112 valence electrons. The molecule has 0 bridgehead atoms. The van der Waals surface area contributed by atoms with E-state index in [2.05, 4.69) is 20.2 Å². The highest BCUT2D eigenvalue weighted by molar-refractivity contribution is 6.28. The zero-order chi connectivity index (χ0) is 15.0. The van der Waals surface area contributed by atoms with E-state index in [4.69, 9.17) is 11.6 Å². The third-order valence-corrected chi connectivity index (χ3v) is 3.99. The molecule has 2 rings (SSSR count). The largest absolute Gasteiger partial charge is 0.433 e. The third kappa shape index (κ3) is 3.15. The van der Waals surface area contributed by atoms with Gasteiger partial charge in [0.15, 0.2) is 5.69 Å². The maximum absolute atomic E-state index is 12.6.